The van der Waals surface area contributed by atoms with Gasteiger partial charge in [-0.05, 0) is 37.2 Å². The maximum atomic E-state index is 12.0. The molecule has 0 aliphatic heterocycles. The van der Waals surface area contributed by atoms with E-state index in [9.17, 15) is 4.79 Å². The molecule has 112 valence electrons. The van der Waals surface area contributed by atoms with E-state index in [0.717, 1.165) is 24.5 Å². The molecule has 1 N–H and O–H groups in total. The molecule has 0 bridgehead atoms. The second-order valence-electron chi connectivity index (χ2n) is 5.53. The van der Waals surface area contributed by atoms with Crippen molar-refractivity contribution in [1.29, 1.82) is 5.26 Å². The fourth-order valence-electron chi connectivity index (χ4n) is 2.09. The summed E-state index contributed by atoms with van der Waals surface area (Å²) in [4.78, 5) is 12.0. The predicted molar refractivity (Wildman–Crippen MR) is 80.4 cm³/mol. The zero-order chi connectivity index (χ0) is 14.9. The molecule has 4 heteroatoms. The van der Waals surface area contributed by atoms with Crippen molar-refractivity contribution >= 4 is 5.91 Å². The molecule has 1 unspecified atom stereocenters. The normalized spacial score (nSPS) is 15.2. The number of nitriles is 1. The van der Waals surface area contributed by atoms with Gasteiger partial charge in [-0.15, -0.1) is 0 Å². The number of hydrogen-bond acceptors (Lipinski definition) is 3. The summed E-state index contributed by atoms with van der Waals surface area (Å²) in [7, 11) is 0. The third-order valence-corrected chi connectivity index (χ3v) is 3.57. The lowest BCUT2D eigenvalue weighted by Gasteiger charge is -2.10. The molecule has 1 amide bonds. The third kappa shape index (κ3) is 5.97. The smallest absolute Gasteiger partial charge is 0.237 e. The van der Waals surface area contributed by atoms with Crippen molar-refractivity contribution in [3.63, 3.8) is 0 Å². The SMILES string of the molecule is N#CC(Cc1ccccc1)C(=O)NCCCOCC1CC1. The summed E-state index contributed by atoms with van der Waals surface area (Å²) in [5, 5.41) is 11.9. The molecule has 4 nitrogen and oxygen atoms in total. The monoisotopic (exact) mass is 286 g/mol. The lowest BCUT2D eigenvalue weighted by molar-refractivity contribution is -0.123. The highest BCUT2D eigenvalue weighted by Crippen LogP contribution is 2.28. The second-order valence-corrected chi connectivity index (χ2v) is 5.53. The molecule has 0 heterocycles. The lowest BCUT2D eigenvalue weighted by Crippen LogP contribution is -2.32. The third-order valence-electron chi connectivity index (χ3n) is 3.57. The van der Waals surface area contributed by atoms with Crippen LogP contribution >= 0.6 is 0 Å². The molecule has 2 rings (SSSR count). The summed E-state index contributed by atoms with van der Waals surface area (Å²) < 4.78 is 5.51. The number of amides is 1. The highest BCUT2D eigenvalue weighted by Gasteiger charge is 2.21. The zero-order valence-electron chi connectivity index (χ0n) is 12.3. The molecule has 1 aliphatic rings. The summed E-state index contributed by atoms with van der Waals surface area (Å²) in [6.07, 6.45) is 3.84. The minimum atomic E-state index is -0.625. The minimum Gasteiger partial charge on any atom is -0.381 e. The topological polar surface area (TPSA) is 62.1 Å². The Hall–Kier alpha value is -1.86. The van der Waals surface area contributed by atoms with Crippen LogP contribution in [0.4, 0.5) is 0 Å². The molecule has 0 saturated heterocycles. The minimum absolute atomic E-state index is 0.191. The first-order valence-electron chi connectivity index (χ1n) is 7.58. The van der Waals surface area contributed by atoms with Crippen LogP contribution in [0.2, 0.25) is 0 Å². The first-order valence-corrected chi connectivity index (χ1v) is 7.58. The molecule has 1 aromatic carbocycles. The molecule has 1 atom stereocenters. The number of ether oxygens (including phenoxy) is 1. The van der Waals surface area contributed by atoms with Gasteiger partial charge in [-0.3, -0.25) is 4.79 Å². The van der Waals surface area contributed by atoms with Crippen molar-refractivity contribution in [3.8, 4) is 6.07 Å². The van der Waals surface area contributed by atoms with Gasteiger partial charge in [0.05, 0.1) is 6.07 Å². The summed E-state index contributed by atoms with van der Waals surface area (Å²) in [6, 6.07) is 11.7. The van der Waals surface area contributed by atoms with Crippen molar-refractivity contribution in [3.05, 3.63) is 35.9 Å². The van der Waals surface area contributed by atoms with Crippen LogP contribution in [0.1, 0.15) is 24.8 Å². The van der Waals surface area contributed by atoms with Crippen molar-refractivity contribution in [1.82, 2.24) is 5.32 Å². The molecule has 1 aliphatic carbocycles. The number of rotatable bonds is 9. The van der Waals surface area contributed by atoms with Crippen molar-refractivity contribution in [2.24, 2.45) is 11.8 Å². The number of benzene rings is 1. The largest absolute Gasteiger partial charge is 0.381 e. The number of hydrogen-bond donors (Lipinski definition) is 1. The Kier molecular flexibility index (Phi) is 6.23. The van der Waals surface area contributed by atoms with Gasteiger partial charge >= 0.3 is 0 Å². The average molecular weight is 286 g/mol. The van der Waals surface area contributed by atoms with Gasteiger partial charge in [-0.2, -0.15) is 5.26 Å². The van der Waals surface area contributed by atoms with Crippen molar-refractivity contribution < 1.29 is 9.53 Å². The number of nitrogens with zero attached hydrogens (tertiary/aromatic N) is 1. The van der Waals surface area contributed by atoms with Crippen LogP contribution in [0.25, 0.3) is 0 Å². The van der Waals surface area contributed by atoms with E-state index in [4.69, 9.17) is 10.00 Å². The van der Waals surface area contributed by atoms with Gasteiger partial charge in [0.2, 0.25) is 5.91 Å². The van der Waals surface area contributed by atoms with Gasteiger partial charge < -0.3 is 10.1 Å². The van der Waals surface area contributed by atoms with Crippen LogP contribution in [-0.4, -0.2) is 25.7 Å². The molecular formula is C17H22N2O2. The Bertz CT molecular complexity index is 477. The molecule has 0 spiro atoms. The Balaban J connectivity index is 1.62. The van der Waals surface area contributed by atoms with Gasteiger partial charge in [0, 0.05) is 19.8 Å². The lowest BCUT2D eigenvalue weighted by atomic mass is 10.00. The maximum Gasteiger partial charge on any atom is 0.237 e. The van der Waals surface area contributed by atoms with E-state index in [1.807, 2.05) is 30.3 Å². The highest BCUT2D eigenvalue weighted by atomic mass is 16.5. The molecule has 0 aromatic heterocycles. The Morgan fingerprint density at radius 1 is 1.38 bits per heavy atom. The van der Waals surface area contributed by atoms with E-state index in [1.165, 1.54) is 12.8 Å². The van der Waals surface area contributed by atoms with E-state index in [1.54, 1.807) is 0 Å². The number of nitrogens with one attached hydrogen (secondary N) is 1. The van der Waals surface area contributed by atoms with Crippen LogP contribution in [0.5, 0.6) is 0 Å². The predicted octanol–water partition coefficient (Wildman–Crippen LogP) is 2.30. The van der Waals surface area contributed by atoms with Crippen molar-refractivity contribution in [2.45, 2.75) is 25.7 Å². The van der Waals surface area contributed by atoms with Gasteiger partial charge in [0.15, 0.2) is 0 Å². The van der Waals surface area contributed by atoms with Gasteiger partial charge in [0.1, 0.15) is 5.92 Å². The van der Waals surface area contributed by atoms with Gasteiger partial charge in [0.25, 0.3) is 0 Å². The molecule has 1 aromatic rings. The van der Waals surface area contributed by atoms with E-state index in [2.05, 4.69) is 11.4 Å². The van der Waals surface area contributed by atoms with E-state index >= 15 is 0 Å². The molecule has 1 fully saturated rings. The molecule has 0 radical (unpaired) electrons. The fourth-order valence-corrected chi connectivity index (χ4v) is 2.09. The number of carbonyl (C=O) groups excluding carboxylic acids is 1. The van der Waals surface area contributed by atoms with Crippen LogP contribution in [0.15, 0.2) is 30.3 Å². The van der Waals surface area contributed by atoms with E-state index < -0.39 is 5.92 Å². The quantitative estimate of drug-likeness (QED) is 0.709. The van der Waals surface area contributed by atoms with Crippen molar-refractivity contribution in [2.75, 3.05) is 19.8 Å². The average Bonchev–Trinajstić information content (AvgIpc) is 3.33. The summed E-state index contributed by atoms with van der Waals surface area (Å²) in [6.45, 7) is 2.09. The highest BCUT2D eigenvalue weighted by molar-refractivity contribution is 5.81. The van der Waals surface area contributed by atoms with Crippen LogP contribution < -0.4 is 5.32 Å². The summed E-state index contributed by atoms with van der Waals surface area (Å²) in [5.41, 5.74) is 1.01. The standard InChI is InChI=1S/C17H22N2O2/c18-12-16(11-14-5-2-1-3-6-14)17(20)19-9-4-10-21-13-15-7-8-15/h1-3,5-6,15-16H,4,7-11,13H2,(H,19,20). The van der Waals surface area contributed by atoms with Gasteiger partial charge in [-0.25, -0.2) is 0 Å². The zero-order valence-corrected chi connectivity index (χ0v) is 12.3. The van der Waals surface area contributed by atoms with Gasteiger partial charge in [-0.1, -0.05) is 30.3 Å². The molecular weight excluding hydrogens is 264 g/mol. The van der Waals surface area contributed by atoms with Crippen LogP contribution in [0, 0.1) is 23.2 Å². The molecule has 1 saturated carbocycles. The Labute approximate surface area is 126 Å². The second kappa shape index (κ2) is 8.43. The first kappa shape index (κ1) is 15.5. The number of carbonyl (C=O) groups is 1. The summed E-state index contributed by atoms with van der Waals surface area (Å²) in [5.74, 6) is -0.0447. The van der Waals surface area contributed by atoms with E-state index in [0.29, 0.717) is 19.6 Å². The summed E-state index contributed by atoms with van der Waals surface area (Å²) >= 11 is 0. The first-order chi connectivity index (χ1) is 10.3. The van der Waals surface area contributed by atoms with Crippen LogP contribution in [-0.2, 0) is 16.0 Å². The maximum absolute atomic E-state index is 12.0. The van der Waals surface area contributed by atoms with Crippen LogP contribution in [0.3, 0.4) is 0 Å². The Morgan fingerprint density at radius 2 is 2.14 bits per heavy atom. The Morgan fingerprint density at radius 3 is 2.81 bits per heavy atom. The van der Waals surface area contributed by atoms with E-state index in [-0.39, 0.29) is 5.91 Å². The fraction of sp³-hybridized carbons (Fsp3) is 0.529. The molecule has 21 heavy (non-hydrogen) atoms.